The number of rotatable bonds is 3. The first kappa shape index (κ1) is 16.1. The van der Waals surface area contributed by atoms with E-state index in [9.17, 15) is 9.59 Å². The van der Waals surface area contributed by atoms with Crippen LogP contribution in [0.1, 0.15) is 20.7 Å². The molecule has 3 aromatic rings. The third-order valence-corrected chi connectivity index (χ3v) is 3.91. The standard InChI is InChI=1S/C18H13BrN2O3/c1-24-18(23)13-6-2-5-12(8-13)17(22)21-15-7-3-4-11-9-14(19)10-20-16(11)15/h2-10H,1H3,(H,21,22). The second-order valence-corrected chi connectivity index (χ2v) is 5.97. The van der Waals surface area contributed by atoms with E-state index in [1.54, 1.807) is 30.5 Å². The molecule has 0 saturated heterocycles. The summed E-state index contributed by atoms with van der Waals surface area (Å²) < 4.78 is 5.54. The molecule has 0 radical (unpaired) electrons. The van der Waals surface area contributed by atoms with E-state index in [4.69, 9.17) is 0 Å². The molecule has 0 spiro atoms. The van der Waals surface area contributed by atoms with E-state index < -0.39 is 5.97 Å². The Morgan fingerprint density at radius 2 is 1.83 bits per heavy atom. The molecule has 0 atom stereocenters. The van der Waals surface area contributed by atoms with Crippen LogP contribution in [0.4, 0.5) is 5.69 Å². The molecule has 1 N–H and O–H groups in total. The van der Waals surface area contributed by atoms with Crippen molar-refractivity contribution in [2.75, 3.05) is 12.4 Å². The molecule has 0 fully saturated rings. The van der Waals surface area contributed by atoms with Crippen molar-refractivity contribution in [2.24, 2.45) is 0 Å². The minimum absolute atomic E-state index is 0.321. The maximum atomic E-state index is 12.5. The van der Waals surface area contributed by atoms with Gasteiger partial charge in [0.15, 0.2) is 0 Å². The van der Waals surface area contributed by atoms with Crippen molar-refractivity contribution < 1.29 is 14.3 Å². The van der Waals surface area contributed by atoms with Crippen LogP contribution in [-0.2, 0) is 4.74 Å². The zero-order valence-electron chi connectivity index (χ0n) is 12.7. The van der Waals surface area contributed by atoms with E-state index in [2.05, 4.69) is 31.0 Å². The number of halogens is 1. The topological polar surface area (TPSA) is 68.3 Å². The largest absolute Gasteiger partial charge is 0.465 e. The lowest BCUT2D eigenvalue weighted by atomic mass is 10.1. The molecule has 3 rings (SSSR count). The molecular formula is C18H13BrN2O3. The van der Waals surface area contributed by atoms with Gasteiger partial charge in [-0.25, -0.2) is 4.79 Å². The summed E-state index contributed by atoms with van der Waals surface area (Å²) in [4.78, 5) is 28.4. The van der Waals surface area contributed by atoms with Gasteiger partial charge < -0.3 is 10.1 Å². The van der Waals surface area contributed by atoms with Crippen molar-refractivity contribution in [2.45, 2.75) is 0 Å². The fourth-order valence-corrected chi connectivity index (χ4v) is 2.68. The third kappa shape index (κ3) is 3.28. The molecule has 1 aromatic heterocycles. The number of esters is 1. The summed E-state index contributed by atoms with van der Waals surface area (Å²) in [6.45, 7) is 0. The number of ether oxygens (including phenoxy) is 1. The summed E-state index contributed by atoms with van der Waals surface area (Å²) in [6, 6.07) is 13.8. The second kappa shape index (κ2) is 6.80. The minimum atomic E-state index is -0.485. The van der Waals surface area contributed by atoms with Gasteiger partial charge in [0, 0.05) is 21.6 Å². The first-order valence-corrected chi connectivity index (χ1v) is 7.92. The van der Waals surface area contributed by atoms with Gasteiger partial charge in [0.05, 0.1) is 23.9 Å². The zero-order valence-corrected chi connectivity index (χ0v) is 14.3. The highest BCUT2D eigenvalue weighted by atomic mass is 79.9. The lowest BCUT2D eigenvalue weighted by Crippen LogP contribution is -2.13. The molecule has 0 aliphatic heterocycles. The Kier molecular flexibility index (Phi) is 4.57. The zero-order chi connectivity index (χ0) is 17.1. The molecule has 2 aromatic carbocycles. The van der Waals surface area contributed by atoms with Gasteiger partial charge in [-0.1, -0.05) is 18.2 Å². The van der Waals surface area contributed by atoms with Crippen molar-refractivity contribution >= 4 is 44.4 Å². The molecule has 0 bridgehead atoms. The summed E-state index contributed by atoms with van der Waals surface area (Å²) in [7, 11) is 1.30. The first-order valence-electron chi connectivity index (χ1n) is 7.12. The number of fused-ring (bicyclic) bond motifs is 1. The maximum absolute atomic E-state index is 12.5. The molecule has 0 unspecified atom stereocenters. The number of carbonyl (C=O) groups excluding carboxylic acids is 2. The van der Waals surface area contributed by atoms with Crippen molar-refractivity contribution in [3.63, 3.8) is 0 Å². The number of nitrogens with one attached hydrogen (secondary N) is 1. The minimum Gasteiger partial charge on any atom is -0.465 e. The van der Waals surface area contributed by atoms with Crippen LogP contribution in [0.25, 0.3) is 10.9 Å². The van der Waals surface area contributed by atoms with Gasteiger partial charge in [-0.2, -0.15) is 0 Å². The Morgan fingerprint density at radius 1 is 1.08 bits per heavy atom. The molecule has 0 aliphatic rings. The van der Waals surface area contributed by atoms with Crippen LogP contribution in [0.3, 0.4) is 0 Å². The summed E-state index contributed by atoms with van der Waals surface area (Å²) in [5, 5.41) is 3.74. The van der Waals surface area contributed by atoms with Gasteiger partial charge in [0.25, 0.3) is 5.91 Å². The van der Waals surface area contributed by atoms with E-state index in [1.807, 2.05) is 18.2 Å². The van der Waals surface area contributed by atoms with Crippen LogP contribution in [0, 0.1) is 0 Å². The SMILES string of the molecule is COC(=O)c1cccc(C(=O)Nc2cccc3cc(Br)cnc23)c1. The smallest absolute Gasteiger partial charge is 0.337 e. The Morgan fingerprint density at radius 3 is 2.62 bits per heavy atom. The highest BCUT2D eigenvalue weighted by molar-refractivity contribution is 9.10. The number of anilines is 1. The summed E-state index contributed by atoms with van der Waals surface area (Å²) in [6.07, 6.45) is 1.68. The molecule has 1 amide bonds. The lowest BCUT2D eigenvalue weighted by Gasteiger charge is -2.09. The van der Waals surface area contributed by atoms with Crippen LogP contribution >= 0.6 is 15.9 Å². The number of pyridine rings is 1. The molecule has 120 valence electrons. The summed E-state index contributed by atoms with van der Waals surface area (Å²) in [5.41, 5.74) is 1.99. The highest BCUT2D eigenvalue weighted by Crippen LogP contribution is 2.24. The van der Waals surface area contributed by atoms with Crippen molar-refractivity contribution in [3.05, 3.63) is 70.3 Å². The van der Waals surface area contributed by atoms with E-state index in [0.29, 0.717) is 22.3 Å². The van der Waals surface area contributed by atoms with E-state index in [1.165, 1.54) is 13.2 Å². The number of nitrogens with zero attached hydrogens (tertiary/aromatic N) is 1. The first-order chi connectivity index (χ1) is 11.6. The number of hydrogen-bond donors (Lipinski definition) is 1. The van der Waals surface area contributed by atoms with Crippen molar-refractivity contribution in [1.82, 2.24) is 4.98 Å². The quantitative estimate of drug-likeness (QED) is 0.691. The second-order valence-electron chi connectivity index (χ2n) is 5.06. The van der Waals surface area contributed by atoms with Gasteiger partial charge in [-0.15, -0.1) is 0 Å². The van der Waals surface area contributed by atoms with E-state index in [0.717, 1.165) is 9.86 Å². The third-order valence-electron chi connectivity index (χ3n) is 3.47. The number of carbonyl (C=O) groups is 2. The average Bonchev–Trinajstić information content (AvgIpc) is 2.61. The highest BCUT2D eigenvalue weighted by Gasteiger charge is 2.12. The fourth-order valence-electron chi connectivity index (χ4n) is 2.33. The van der Waals surface area contributed by atoms with Crippen LogP contribution in [0.5, 0.6) is 0 Å². The van der Waals surface area contributed by atoms with E-state index >= 15 is 0 Å². The Balaban J connectivity index is 1.92. The fraction of sp³-hybridized carbons (Fsp3) is 0.0556. The predicted octanol–water partition coefficient (Wildman–Crippen LogP) is 4.04. The van der Waals surface area contributed by atoms with E-state index in [-0.39, 0.29) is 5.91 Å². The molecule has 6 heteroatoms. The Hall–Kier alpha value is -2.73. The van der Waals surface area contributed by atoms with Crippen molar-refractivity contribution in [1.29, 1.82) is 0 Å². The average molecular weight is 385 g/mol. The molecule has 24 heavy (non-hydrogen) atoms. The molecule has 5 nitrogen and oxygen atoms in total. The molecule has 0 saturated carbocycles. The lowest BCUT2D eigenvalue weighted by molar-refractivity contribution is 0.0600. The molecule has 0 aliphatic carbocycles. The normalized spacial score (nSPS) is 10.4. The number of benzene rings is 2. The number of amides is 1. The summed E-state index contributed by atoms with van der Waals surface area (Å²) >= 11 is 3.38. The summed E-state index contributed by atoms with van der Waals surface area (Å²) in [5.74, 6) is -0.806. The molecule has 1 heterocycles. The Bertz CT molecular complexity index is 940. The molecular weight excluding hydrogens is 372 g/mol. The number of methoxy groups -OCH3 is 1. The van der Waals surface area contributed by atoms with Crippen molar-refractivity contribution in [3.8, 4) is 0 Å². The van der Waals surface area contributed by atoms with Gasteiger partial charge in [0.1, 0.15) is 0 Å². The maximum Gasteiger partial charge on any atom is 0.337 e. The van der Waals surface area contributed by atoms with Gasteiger partial charge >= 0.3 is 5.97 Å². The number of hydrogen-bond acceptors (Lipinski definition) is 4. The Labute approximate surface area is 146 Å². The van der Waals surface area contributed by atoms with Crippen LogP contribution in [0.2, 0.25) is 0 Å². The van der Waals surface area contributed by atoms with Crippen LogP contribution in [-0.4, -0.2) is 24.0 Å². The van der Waals surface area contributed by atoms with Crippen LogP contribution in [0.15, 0.2) is 59.2 Å². The van der Waals surface area contributed by atoms with Gasteiger partial charge in [-0.05, 0) is 46.3 Å². The number of aromatic nitrogens is 1. The number of para-hydroxylation sites is 1. The monoisotopic (exact) mass is 384 g/mol. The van der Waals surface area contributed by atoms with Gasteiger partial charge in [-0.3, -0.25) is 9.78 Å². The predicted molar refractivity (Wildman–Crippen MR) is 95.2 cm³/mol. The van der Waals surface area contributed by atoms with Crippen LogP contribution < -0.4 is 5.32 Å². The van der Waals surface area contributed by atoms with Gasteiger partial charge in [0.2, 0.25) is 0 Å².